The van der Waals surface area contributed by atoms with Gasteiger partial charge in [-0.2, -0.15) is 0 Å². The molecule has 122 valence electrons. The molecule has 2 aliphatic carbocycles. The van der Waals surface area contributed by atoms with Crippen LogP contribution in [0.5, 0.6) is 0 Å². The van der Waals surface area contributed by atoms with Crippen molar-refractivity contribution in [2.24, 2.45) is 23.2 Å². The number of hydrogen-bond acceptors (Lipinski definition) is 3. The molecule has 0 bridgehead atoms. The van der Waals surface area contributed by atoms with E-state index in [-0.39, 0.29) is 6.10 Å². The maximum atomic E-state index is 10.1. The van der Waals surface area contributed by atoms with Gasteiger partial charge in [-0.1, -0.05) is 27.2 Å². The molecule has 3 aliphatic rings. The summed E-state index contributed by atoms with van der Waals surface area (Å²) in [7, 11) is 0. The number of aliphatic hydroxyl groups excluding tert-OH is 1. The van der Waals surface area contributed by atoms with E-state index in [9.17, 15) is 5.11 Å². The Labute approximate surface area is 130 Å². The van der Waals surface area contributed by atoms with Crippen LogP contribution in [0.1, 0.15) is 52.9 Å². The van der Waals surface area contributed by atoms with Crippen molar-refractivity contribution in [1.82, 2.24) is 10.2 Å². The van der Waals surface area contributed by atoms with Crippen LogP contribution in [0.2, 0.25) is 0 Å². The molecule has 3 rings (SSSR count). The fourth-order valence-electron chi connectivity index (χ4n) is 5.45. The number of hydrogen-bond donors (Lipinski definition) is 2. The topological polar surface area (TPSA) is 35.5 Å². The summed E-state index contributed by atoms with van der Waals surface area (Å²) < 4.78 is 0. The van der Waals surface area contributed by atoms with Gasteiger partial charge in [0, 0.05) is 31.6 Å². The van der Waals surface area contributed by atoms with Gasteiger partial charge in [0.2, 0.25) is 0 Å². The Hall–Kier alpha value is -0.120. The summed E-state index contributed by atoms with van der Waals surface area (Å²) in [4.78, 5) is 2.66. The van der Waals surface area contributed by atoms with E-state index in [1.165, 1.54) is 38.8 Å². The van der Waals surface area contributed by atoms with Gasteiger partial charge in [0.05, 0.1) is 6.10 Å². The second-order valence-corrected chi connectivity index (χ2v) is 8.46. The first kappa shape index (κ1) is 15.8. The van der Waals surface area contributed by atoms with Crippen LogP contribution in [0.4, 0.5) is 0 Å². The molecule has 3 nitrogen and oxygen atoms in total. The summed E-state index contributed by atoms with van der Waals surface area (Å²) in [6.45, 7) is 11.8. The highest BCUT2D eigenvalue weighted by atomic mass is 16.3. The Bertz CT molecular complexity index is 357. The van der Waals surface area contributed by atoms with E-state index in [0.29, 0.717) is 17.4 Å². The van der Waals surface area contributed by atoms with Gasteiger partial charge in [-0.05, 0) is 49.5 Å². The van der Waals surface area contributed by atoms with Gasteiger partial charge in [0.15, 0.2) is 0 Å². The van der Waals surface area contributed by atoms with Crippen molar-refractivity contribution >= 4 is 0 Å². The van der Waals surface area contributed by atoms with Gasteiger partial charge in [-0.25, -0.2) is 0 Å². The molecule has 21 heavy (non-hydrogen) atoms. The summed E-state index contributed by atoms with van der Waals surface area (Å²) in [5.41, 5.74) is 0.425. The molecule has 1 saturated heterocycles. The molecule has 0 aromatic carbocycles. The van der Waals surface area contributed by atoms with E-state index in [1.54, 1.807) is 0 Å². The predicted octanol–water partition coefficient (Wildman–Crippen LogP) is 2.49. The molecule has 0 spiro atoms. The molecule has 2 saturated carbocycles. The fourth-order valence-corrected chi connectivity index (χ4v) is 5.45. The van der Waals surface area contributed by atoms with Crippen LogP contribution in [0, 0.1) is 23.2 Å². The molecule has 3 fully saturated rings. The maximum Gasteiger partial charge on any atom is 0.0583 e. The zero-order chi connectivity index (χ0) is 15.0. The minimum absolute atomic E-state index is 0.0210. The Morgan fingerprint density at radius 1 is 1.19 bits per heavy atom. The van der Waals surface area contributed by atoms with Crippen molar-refractivity contribution in [3.05, 3.63) is 0 Å². The van der Waals surface area contributed by atoms with Gasteiger partial charge in [-0.3, -0.25) is 0 Å². The molecule has 3 heteroatoms. The Kier molecular flexibility index (Phi) is 4.63. The Morgan fingerprint density at radius 2 is 2.00 bits per heavy atom. The molecule has 5 unspecified atom stereocenters. The minimum atomic E-state index is -0.0210. The standard InChI is InChI=1S/C18H34N2O/c1-4-19-17-14(6-5-9-18(17,2)3)11-20-10-13-7-8-16(21)15(13)12-20/h13-17,19,21H,4-12H2,1-3H3. The number of nitrogens with zero attached hydrogens (tertiary/aromatic N) is 1. The average molecular weight is 294 g/mol. The summed E-state index contributed by atoms with van der Waals surface area (Å²) in [6.07, 6.45) is 6.37. The van der Waals surface area contributed by atoms with Crippen LogP contribution in [0.25, 0.3) is 0 Å². The normalized spacial score (nSPS) is 43.1. The smallest absolute Gasteiger partial charge is 0.0583 e. The SMILES string of the molecule is CCNC1C(CN2CC3CCC(O)C3C2)CCCC1(C)C. The second-order valence-electron chi connectivity index (χ2n) is 8.46. The molecule has 1 heterocycles. The molecule has 0 aromatic heterocycles. The molecule has 5 atom stereocenters. The number of nitrogens with one attached hydrogen (secondary N) is 1. The van der Waals surface area contributed by atoms with E-state index in [1.807, 2.05) is 0 Å². The third-order valence-corrected chi connectivity index (χ3v) is 6.52. The predicted molar refractivity (Wildman–Crippen MR) is 87.2 cm³/mol. The van der Waals surface area contributed by atoms with E-state index >= 15 is 0 Å². The Balaban J connectivity index is 1.61. The van der Waals surface area contributed by atoms with Gasteiger partial charge in [0.1, 0.15) is 0 Å². The first-order chi connectivity index (χ1) is 10.0. The summed E-state index contributed by atoms with van der Waals surface area (Å²) in [6, 6.07) is 0.654. The first-order valence-corrected chi connectivity index (χ1v) is 9.15. The lowest BCUT2D eigenvalue weighted by Crippen LogP contribution is -2.52. The van der Waals surface area contributed by atoms with E-state index in [0.717, 1.165) is 31.3 Å². The van der Waals surface area contributed by atoms with Crippen LogP contribution >= 0.6 is 0 Å². The van der Waals surface area contributed by atoms with Crippen LogP contribution in [0.15, 0.2) is 0 Å². The molecule has 0 radical (unpaired) electrons. The first-order valence-electron chi connectivity index (χ1n) is 9.15. The lowest BCUT2D eigenvalue weighted by Gasteiger charge is -2.45. The van der Waals surface area contributed by atoms with Crippen molar-refractivity contribution in [1.29, 1.82) is 0 Å². The highest BCUT2D eigenvalue weighted by Gasteiger charge is 2.44. The van der Waals surface area contributed by atoms with Crippen LogP contribution in [0.3, 0.4) is 0 Å². The number of aliphatic hydroxyl groups is 1. The third kappa shape index (κ3) is 3.16. The van der Waals surface area contributed by atoms with Crippen LogP contribution in [-0.2, 0) is 0 Å². The molecule has 0 aromatic rings. The lowest BCUT2D eigenvalue weighted by atomic mass is 9.67. The number of rotatable bonds is 4. The third-order valence-electron chi connectivity index (χ3n) is 6.52. The zero-order valence-electron chi connectivity index (χ0n) is 14.1. The average Bonchev–Trinajstić information content (AvgIpc) is 2.96. The highest BCUT2D eigenvalue weighted by molar-refractivity contribution is 4.98. The monoisotopic (exact) mass is 294 g/mol. The summed E-state index contributed by atoms with van der Waals surface area (Å²) in [5.74, 6) is 2.12. The quantitative estimate of drug-likeness (QED) is 0.836. The van der Waals surface area contributed by atoms with E-state index < -0.39 is 0 Å². The molecular formula is C18H34N2O. The van der Waals surface area contributed by atoms with Crippen molar-refractivity contribution in [3.8, 4) is 0 Å². The largest absolute Gasteiger partial charge is 0.393 e. The molecule has 2 N–H and O–H groups in total. The van der Waals surface area contributed by atoms with Gasteiger partial charge < -0.3 is 15.3 Å². The van der Waals surface area contributed by atoms with Crippen LogP contribution in [-0.4, -0.2) is 48.3 Å². The van der Waals surface area contributed by atoms with Crippen molar-refractivity contribution in [3.63, 3.8) is 0 Å². The second kappa shape index (κ2) is 6.17. The number of fused-ring (bicyclic) bond motifs is 1. The highest BCUT2D eigenvalue weighted by Crippen LogP contribution is 2.42. The van der Waals surface area contributed by atoms with Gasteiger partial charge in [0.25, 0.3) is 0 Å². The maximum absolute atomic E-state index is 10.1. The minimum Gasteiger partial charge on any atom is -0.393 e. The lowest BCUT2D eigenvalue weighted by molar-refractivity contribution is 0.0782. The van der Waals surface area contributed by atoms with Crippen molar-refractivity contribution in [2.45, 2.75) is 65.0 Å². The molecule has 0 amide bonds. The van der Waals surface area contributed by atoms with Gasteiger partial charge in [-0.15, -0.1) is 0 Å². The van der Waals surface area contributed by atoms with E-state index in [4.69, 9.17) is 0 Å². The summed E-state index contributed by atoms with van der Waals surface area (Å²) >= 11 is 0. The Morgan fingerprint density at radius 3 is 2.71 bits per heavy atom. The molecule has 1 aliphatic heterocycles. The zero-order valence-corrected chi connectivity index (χ0v) is 14.1. The van der Waals surface area contributed by atoms with Gasteiger partial charge >= 0.3 is 0 Å². The summed E-state index contributed by atoms with van der Waals surface area (Å²) in [5, 5.41) is 13.9. The van der Waals surface area contributed by atoms with E-state index in [2.05, 4.69) is 31.0 Å². The van der Waals surface area contributed by atoms with Crippen molar-refractivity contribution < 1.29 is 5.11 Å². The van der Waals surface area contributed by atoms with Crippen molar-refractivity contribution in [2.75, 3.05) is 26.2 Å². The fraction of sp³-hybridized carbons (Fsp3) is 1.00. The molecular weight excluding hydrogens is 260 g/mol. The number of likely N-dealkylation sites (tertiary alicyclic amines) is 1. The van der Waals surface area contributed by atoms with Crippen LogP contribution < -0.4 is 5.32 Å².